The minimum Gasteiger partial charge on any atom is -0.482 e. The van der Waals surface area contributed by atoms with E-state index < -0.39 is 12.1 Å². The second-order valence-electron chi connectivity index (χ2n) is 4.97. The van der Waals surface area contributed by atoms with Gasteiger partial charge in [0.15, 0.2) is 12.7 Å². The van der Waals surface area contributed by atoms with E-state index in [0.717, 1.165) is 18.4 Å². The van der Waals surface area contributed by atoms with E-state index in [4.69, 9.17) is 9.47 Å². The highest BCUT2D eigenvalue weighted by Crippen LogP contribution is 2.19. The lowest BCUT2D eigenvalue weighted by Gasteiger charge is -2.14. The maximum Gasteiger partial charge on any atom is 0.344 e. The summed E-state index contributed by atoms with van der Waals surface area (Å²) in [6.45, 7) is 3.25. The average molecular weight is 277 g/mol. The monoisotopic (exact) mass is 277 g/mol. The van der Waals surface area contributed by atoms with Crippen LogP contribution in [-0.4, -0.2) is 30.6 Å². The SMILES string of the molecule is Cc1ccccc1OCC(=O)O[C@H](C)C(=O)NC1CC1. The van der Waals surface area contributed by atoms with Gasteiger partial charge in [-0.1, -0.05) is 18.2 Å². The van der Waals surface area contributed by atoms with Gasteiger partial charge in [0.1, 0.15) is 5.75 Å². The molecule has 1 N–H and O–H groups in total. The Morgan fingerprint density at radius 1 is 1.35 bits per heavy atom. The van der Waals surface area contributed by atoms with Crippen molar-refractivity contribution in [2.75, 3.05) is 6.61 Å². The summed E-state index contributed by atoms with van der Waals surface area (Å²) in [4.78, 5) is 23.2. The number of benzene rings is 1. The predicted molar refractivity (Wildman–Crippen MR) is 73.4 cm³/mol. The number of ether oxygens (including phenoxy) is 2. The van der Waals surface area contributed by atoms with Gasteiger partial charge in [0.05, 0.1) is 0 Å². The largest absolute Gasteiger partial charge is 0.482 e. The molecule has 0 spiro atoms. The van der Waals surface area contributed by atoms with E-state index in [1.165, 1.54) is 0 Å². The second kappa shape index (κ2) is 6.41. The first kappa shape index (κ1) is 14.4. The van der Waals surface area contributed by atoms with Gasteiger partial charge < -0.3 is 14.8 Å². The number of carbonyl (C=O) groups is 2. The molecule has 1 saturated carbocycles. The van der Waals surface area contributed by atoms with Crippen LogP contribution < -0.4 is 10.1 Å². The molecule has 1 aromatic rings. The normalized spacial score (nSPS) is 15.3. The summed E-state index contributed by atoms with van der Waals surface area (Å²) in [6.07, 6.45) is 1.22. The molecular formula is C15H19NO4. The first-order chi connectivity index (χ1) is 9.56. The Morgan fingerprint density at radius 2 is 2.05 bits per heavy atom. The molecule has 0 heterocycles. The third-order valence-electron chi connectivity index (χ3n) is 3.04. The van der Waals surface area contributed by atoms with Gasteiger partial charge in [-0.2, -0.15) is 0 Å². The Hall–Kier alpha value is -2.04. The van der Waals surface area contributed by atoms with Crippen molar-refractivity contribution in [3.63, 3.8) is 0 Å². The summed E-state index contributed by atoms with van der Waals surface area (Å²) in [7, 11) is 0. The molecule has 1 amide bonds. The summed E-state index contributed by atoms with van der Waals surface area (Å²) >= 11 is 0. The lowest BCUT2D eigenvalue weighted by Crippen LogP contribution is -2.37. The molecule has 1 fully saturated rings. The minimum absolute atomic E-state index is 0.202. The lowest BCUT2D eigenvalue weighted by molar-refractivity contribution is -0.156. The highest BCUT2D eigenvalue weighted by atomic mass is 16.6. The van der Waals surface area contributed by atoms with Crippen LogP contribution in [0.25, 0.3) is 0 Å². The number of amides is 1. The topological polar surface area (TPSA) is 64.6 Å². The van der Waals surface area contributed by atoms with E-state index in [9.17, 15) is 9.59 Å². The molecule has 5 nitrogen and oxygen atoms in total. The quantitative estimate of drug-likeness (QED) is 0.802. The molecule has 20 heavy (non-hydrogen) atoms. The van der Waals surface area contributed by atoms with Gasteiger partial charge in [-0.05, 0) is 38.3 Å². The van der Waals surface area contributed by atoms with Gasteiger partial charge in [0.2, 0.25) is 0 Å². The Kier molecular flexibility index (Phi) is 4.61. The Labute approximate surface area is 118 Å². The Bertz CT molecular complexity index is 496. The average Bonchev–Trinajstić information content (AvgIpc) is 3.21. The van der Waals surface area contributed by atoms with Crippen LogP contribution in [0.3, 0.4) is 0 Å². The Balaban J connectivity index is 1.74. The number of aryl methyl sites for hydroxylation is 1. The van der Waals surface area contributed by atoms with E-state index in [1.54, 1.807) is 13.0 Å². The number of carbonyl (C=O) groups excluding carboxylic acids is 2. The molecule has 1 aliphatic carbocycles. The highest BCUT2D eigenvalue weighted by Gasteiger charge is 2.27. The van der Waals surface area contributed by atoms with Crippen molar-refractivity contribution in [3.05, 3.63) is 29.8 Å². The maximum absolute atomic E-state index is 11.6. The van der Waals surface area contributed by atoms with Gasteiger partial charge >= 0.3 is 5.97 Å². The van der Waals surface area contributed by atoms with Crippen molar-refractivity contribution in [2.24, 2.45) is 0 Å². The van der Waals surface area contributed by atoms with E-state index in [2.05, 4.69) is 5.32 Å². The fourth-order valence-electron chi connectivity index (χ4n) is 1.69. The van der Waals surface area contributed by atoms with Crippen LogP contribution in [0, 0.1) is 6.92 Å². The summed E-state index contributed by atoms with van der Waals surface area (Å²) < 4.78 is 10.4. The zero-order chi connectivity index (χ0) is 14.5. The first-order valence-electron chi connectivity index (χ1n) is 6.74. The molecule has 0 bridgehead atoms. The van der Waals surface area contributed by atoms with Crippen LogP contribution in [0.1, 0.15) is 25.3 Å². The molecule has 108 valence electrons. The van der Waals surface area contributed by atoms with E-state index in [1.807, 2.05) is 25.1 Å². The predicted octanol–water partition coefficient (Wildman–Crippen LogP) is 1.58. The highest BCUT2D eigenvalue weighted by molar-refractivity contribution is 5.84. The number of esters is 1. The molecule has 1 aliphatic rings. The van der Waals surface area contributed by atoms with E-state index >= 15 is 0 Å². The smallest absolute Gasteiger partial charge is 0.344 e. The van der Waals surface area contributed by atoms with Crippen LogP contribution in [0.15, 0.2) is 24.3 Å². The van der Waals surface area contributed by atoms with Crippen molar-refractivity contribution in [2.45, 2.75) is 38.8 Å². The van der Waals surface area contributed by atoms with Crippen LogP contribution in [0.5, 0.6) is 5.75 Å². The Morgan fingerprint density at radius 3 is 2.70 bits per heavy atom. The summed E-state index contributed by atoms with van der Waals surface area (Å²) in [5.74, 6) is -0.164. The molecule has 1 atom stereocenters. The number of hydrogen-bond donors (Lipinski definition) is 1. The molecule has 2 rings (SSSR count). The van der Waals surface area contributed by atoms with Crippen molar-refractivity contribution >= 4 is 11.9 Å². The fraction of sp³-hybridized carbons (Fsp3) is 0.467. The standard InChI is InChI=1S/C15H19NO4/c1-10-5-3-4-6-13(10)19-9-14(17)20-11(2)15(18)16-12-7-8-12/h3-6,11-12H,7-9H2,1-2H3,(H,16,18)/t11-/m1/s1. The molecule has 1 aromatic carbocycles. The van der Waals surface area contributed by atoms with E-state index in [-0.39, 0.29) is 18.6 Å². The van der Waals surface area contributed by atoms with Crippen LogP contribution >= 0.6 is 0 Å². The van der Waals surface area contributed by atoms with Gasteiger partial charge in [0.25, 0.3) is 5.91 Å². The van der Waals surface area contributed by atoms with Crippen molar-refractivity contribution in [1.82, 2.24) is 5.32 Å². The van der Waals surface area contributed by atoms with Crippen molar-refractivity contribution < 1.29 is 19.1 Å². The van der Waals surface area contributed by atoms with E-state index in [0.29, 0.717) is 5.75 Å². The van der Waals surface area contributed by atoms with Gasteiger partial charge in [-0.25, -0.2) is 4.79 Å². The minimum atomic E-state index is -0.788. The molecule has 5 heteroatoms. The summed E-state index contributed by atoms with van der Waals surface area (Å²) in [5, 5.41) is 2.78. The van der Waals surface area contributed by atoms with Crippen LogP contribution in [0.4, 0.5) is 0 Å². The zero-order valence-corrected chi connectivity index (χ0v) is 11.7. The molecule has 0 aromatic heterocycles. The molecule has 0 radical (unpaired) electrons. The van der Waals surface area contributed by atoms with Crippen LogP contribution in [0.2, 0.25) is 0 Å². The zero-order valence-electron chi connectivity index (χ0n) is 11.7. The molecule has 0 aliphatic heterocycles. The second-order valence-corrected chi connectivity index (χ2v) is 4.97. The molecule has 0 saturated heterocycles. The van der Waals surface area contributed by atoms with Crippen LogP contribution in [-0.2, 0) is 14.3 Å². The van der Waals surface area contributed by atoms with Crippen molar-refractivity contribution in [1.29, 1.82) is 0 Å². The molecule has 0 unspecified atom stereocenters. The number of hydrogen-bond acceptors (Lipinski definition) is 4. The summed E-state index contributed by atoms with van der Waals surface area (Å²) in [6, 6.07) is 7.66. The van der Waals surface area contributed by atoms with Gasteiger partial charge in [-0.3, -0.25) is 4.79 Å². The lowest BCUT2D eigenvalue weighted by atomic mass is 10.2. The summed E-state index contributed by atoms with van der Waals surface area (Å²) in [5.41, 5.74) is 0.944. The number of nitrogens with one attached hydrogen (secondary N) is 1. The van der Waals surface area contributed by atoms with Gasteiger partial charge in [0, 0.05) is 6.04 Å². The number of para-hydroxylation sites is 1. The first-order valence-corrected chi connectivity index (χ1v) is 6.74. The van der Waals surface area contributed by atoms with Crippen molar-refractivity contribution in [3.8, 4) is 5.75 Å². The van der Waals surface area contributed by atoms with Gasteiger partial charge in [-0.15, -0.1) is 0 Å². The molecular weight excluding hydrogens is 258 g/mol. The number of rotatable bonds is 6. The maximum atomic E-state index is 11.6. The third-order valence-corrected chi connectivity index (χ3v) is 3.04. The fourth-order valence-corrected chi connectivity index (χ4v) is 1.69. The third kappa shape index (κ3) is 4.26.